The molecule has 1 aliphatic carbocycles. The van der Waals surface area contributed by atoms with Crippen molar-refractivity contribution in [3.8, 4) is 0 Å². The first-order chi connectivity index (χ1) is 11.9. The summed E-state index contributed by atoms with van der Waals surface area (Å²) < 4.78 is 28.4. The van der Waals surface area contributed by atoms with E-state index in [1.807, 2.05) is 0 Å². The Hall–Kier alpha value is -1.41. The SMILES string of the molecule is O=c1cc2c(nn1CCNS(=O)(=O)c1cccc(Cl)c1Cl)CCCC2. The number of aryl methyl sites for hydroxylation is 2. The third-order valence-corrected chi connectivity index (χ3v) is 6.53. The van der Waals surface area contributed by atoms with E-state index in [1.54, 1.807) is 6.07 Å². The van der Waals surface area contributed by atoms with Crippen LogP contribution in [-0.2, 0) is 29.4 Å². The number of fused-ring (bicyclic) bond motifs is 1. The molecule has 0 bridgehead atoms. The second kappa shape index (κ2) is 7.45. The summed E-state index contributed by atoms with van der Waals surface area (Å²) in [6.45, 7) is 0.167. The third kappa shape index (κ3) is 4.06. The van der Waals surface area contributed by atoms with Crippen LogP contribution in [0.5, 0.6) is 0 Å². The largest absolute Gasteiger partial charge is 0.268 e. The molecule has 0 amide bonds. The van der Waals surface area contributed by atoms with Crippen LogP contribution in [0.15, 0.2) is 34.0 Å². The van der Waals surface area contributed by atoms with Crippen molar-refractivity contribution in [3.05, 3.63) is 55.9 Å². The summed E-state index contributed by atoms with van der Waals surface area (Å²) in [4.78, 5) is 12.0. The monoisotopic (exact) mass is 401 g/mol. The van der Waals surface area contributed by atoms with Crippen molar-refractivity contribution in [2.45, 2.75) is 37.1 Å². The van der Waals surface area contributed by atoms with Crippen molar-refractivity contribution in [3.63, 3.8) is 0 Å². The molecular weight excluding hydrogens is 385 g/mol. The van der Waals surface area contributed by atoms with Gasteiger partial charge in [-0.1, -0.05) is 29.3 Å². The fraction of sp³-hybridized carbons (Fsp3) is 0.375. The van der Waals surface area contributed by atoms with Gasteiger partial charge in [-0.3, -0.25) is 4.79 Å². The Bertz CT molecular complexity index is 958. The highest BCUT2D eigenvalue weighted by atomic mass is 35.5. The molecule has 1 heterocycles. The van der Waals surface area contributed by atoms with Crippen molar-refractivity contribution in [1.82, 2.24) is 14.5 Å². The molecule has 0 radical (unpaired) electrons. The normalized spacial score (nSPS) is 14.3. The predicted molar refractivity (Wildman–Crippen MR) is 96.8 cm³/mol. The average Bonchev–Trinajstić information content (AvgIpc) is 2.57. The van der Waals surface area contributed by atoms with Crippen LogP contribution in [0.4, 0.5) is 0 Å². The molecule has 25 heavy (non-hydrogen) atoms. The van der Waals surface area contributed by atoms with E-state index in [0.717, 1.165) is 36.9 Å². The number of benzene rings is 1. The van der Waals surface area contributed by atoms with Gasteiger partial charge in [0.15, 0.2) is 0 Å². The Morgan fingerprint density at radius 1 is 1.20 bits per heavy atom. The van der Waals surface area contributed by atoms with Gasteiger partial charge in [-0.15, -0.1) is 0 Å². The lowest BCUT2D eigenvalue weighted by atomic mass is 9.97. The number of sulfonamides is 1. The molecule has 134 valence electrons. The summed E-state index contributed by atoms with van der Waals surface area (Å²) in [5, 5.41) is 4.50. The smallest absolute Gasteiger partial charge is 0.267 e. The predicted octanol–water partition coefficient (Wildman–Crippen LogP) is 2.41. The molecule has 0 saturated carbocycles. The summed E-state index contributed by atoms with van der Waals surface area (Å²) in [6.07, 6.45) is 3.84. The number of hydrogen-bond donors (Lipinski definition) is 1. The van der Waals surface area contributed by atoms with Crippen LogP contribution in [0.2, 0.25) is 10.0 Å². The van der Waals surface area contributed by atoms with Crippen LogP contribution >= 0.6 is 23.2 Å². The fourth-order valence-corrected chi connectivity index (χ4v) is 4.60. The number of nitrogens with one attached hydrogen (secondary N) is 1. The molecule has 0 atom stereocenters. The second-order valence-electron chi connectivity index (χ2n) is 5.83. The van der Waals surface area contributed by atoms with E-state index in [4.69, 9.17) is 23.2 Å². The fourth-order valence-electron chi connectivity index (χ4n) is 2.82. The molecular formula is C16H17Cl2N3O3S. The van der Waals surface area contributed by atoms with Crippen LogP contribution in [0.3, 0.4) is 0 Å². The van der Waals surface area contributed by atoms with Crippen LogP contribution in [0.25, 0.3) is 0 Å². The summed E-state index contributed by atoms with van der Waals surface area (Å²) in [6, 6.07) is 6.00. The molecule has 0 fully saturated rings. The molecule has 6 nitrogen and oxygen atoms in total. The van der Waals surface area contributed by atoms with Crippen molar-refractivity contribution in [2.24, 2.45) is 0 Å². The van der Waals surface area contributed by atoms with Gasteiger partial charge < -0.3 is 0 Å². The van der Waals surface area contributed by atoms with Gasteiger partial charge in [-0.05, 0) is 43.4 Å². The third-order valence-electron chi connectivity index (χ3n) is 4.10. The molecule has 2 aromatic rings. The Labute approximate surface area is 155 Å². The van der Waals surface area contributed by atoms with Gasteiger partial charge in [0, 0.05) is 12.6 Å². The molecule has 0 saturated heterocycles. The van der Waals surface area contributed by atoms with Gasteiger partial charge in [-0.2, -0.15) is 5.10 Å². The molecule has 0 unspecified atom stereocenters. The number of rotatable bonds is 5. The standard InChI is InChI=1S/C16H17Cl2N3O3S/c17-12-5-3-7-14(16(12)18)25(23,24)19-8-9-21-15(22)10-11-4-1-2-6-13(11)20-21/h3,5,7,10,19H,1-2,4,6,8-9H2. The van der Waals surface area contributed by atoms with Crippen LogP contribution in [0, 0.1) is 0 Å². The molecule has 1 aliphatic rings. The zero-order valence-corrected chi connectivity index (χ0v) is 15.7. The topological polar surface area (TPSA) is 81.1 Å². The van der Waals surface area contributed by atoms with Gasteiger partial charge in [0.05, 0.1) is 22.3 Å². The zero-order chi connectivity index (χ0) is 18.0. The maximum absolute atomic E-state index is 12.4. The average molecular weight is 402 g/mol. The van der Waals surface area contributed by atoms with Crippen LogP contribution in [0.1, 0.15) is 24.1 Å². The van der Waals surface area contributed by atoms with E-state index < -0.39 is 10.0 Å². The minimum atomic E-state index is -3.82. The number of aromatic nitrogens is 2. The lowest BCUT2D eigenvalue weighted by Crippen LogP contribution is -2.33. The molecule has 9 heteroatoms. The second-order valence-corrected chi connectivity index (χ2v) is 8.36. The highest BCUT2D eigenvalue weighted by molar-refractivity contribution is 7.89. The quantitative estimate of drug-likeness (QED) is 0.833. The summed E-state index contributed by atoms with van der Waals surface area (Å²) in [5.41, 5.74) is 1.70. The van der Waals surface area contributed by atoms with Gasteiger partial charge in [-0.25, -0.2) is 17.8 Å². The zero-order valence-electron chi connectivity index (χ0n) is 13.3. The van der Waals surface area contributed by atoms with Crippen molar-refractivity contribution in [1.29, 1.82) is 0 Å². The maximum Gasteiger partial charge on any atom is 0.267 e. The summed E-state index contributed by atoms with van der Waals surface area (Å²) >= 11 is 11.8. The maximum atomic E-state index is 12.4. The first-order valence-electron chi connectivity index (χ1n) is 7.92. The lowest BCUT2D eigenvalue weighted by molar-refractivity contribution is 0.526. The van der Waals surface area contributed by atoms with Crippen molar-refractivity contribution in [2.75, 3.05) is 6.54 Å². The molecule has 1 aromatic carbocycles. The highest BCUT2D eigenvalue weighted by Gasteiger charge is 2.19. The van der Waals surface area contributed by atoms with Gasteiger partial charge in [0.2, 0.25) is 10.0 Å². The van der Waals surface area contributed by atoms with Gasteiger partial charge in [0.1, 0.15) is 4.90 Å². The van der Waals surface area contributed by atoms with E-state index in [1.165, 1.54) is 22.9 Å². The Kier molecular flexibility index (Phi) is 5.48. The Morgan fingerprint density at radius 3 is 2.76 bits per heavy atom. The Morgan fingerprint density at radius 2 is 1.96 bits per heavy atom. The molecule has 1 N–H and O–H groups in total. The first kappa shape index (κ1) is 18.4. The summed E-state index contributed by atoms with van der Waals surface area (Å²) in [7, 11) is -3.82. The van der Waals surface area contributed by atoms with E-state index in [9.17, 15) is 13.2 Å². The van der Waals surface area contributed by atoms with Crippen molar-refractivity contribution >= 4 is 33.2 Å². The lowest BCUT2D eigenvalue weighted by Gasteiger charge is -2.16. The minimum Gasteiger partial charge on any atom is -0.268 e. The Balaban J connectivity index is 1.72. The summed E-state index contributed by atoms with van der Waals surface area (Å²) in [5.74, 6) is 0. The molecule has 0 spiro atoms. The van der Waals surface area contributed by atoms with E-state index in [0.29, 0.717) is 0 Å². The van der Waals surface area contributed by atoms with E-state index in [2.05, 4.69) is 9.82 Å². The van der Waals surface area contributed by atoms with E-state index >= 15 is 0 Å². The van der Waals surface area contributed by atoms with Crippen molar-refractivity contribution < 1.29 is 8.42 Å². The number of hydrogen-bond acceptors (Lipinski definition) is 4. The first-order valence-corrected chi connectivity index (χ1v) is 10.2. The number of halogens is 2. The molecule has 0 aliphatic heterocycles. The minimum absolute atomic E-state index is 0.0247. The van der Waals surface area contributed by atoms with Gasteiger partial charge in [0.25, 0.3) is 5.56 Å². The number of nitrogens with zero attached hydrogens (tertiary/aromatic N) is 2. The van der Waals surface area contributed by atoms with Crippen LogP contribution in [-0.4, -0.2) is 24.7 Å². The van der Waals surface area contributed by atoms with Gasteiger partial charge >= 0.3 is 0 Å². The van der Waals surface area contributed by atoms with E-state index in [-0.39, 0.29) is 33.6 Å². The molecule has 3 rings (SSSR count). The molecule has 1 aromatic heterocycles. The highest BCUT2D eigenvalue weighted by Crippen LogP contribution is 2.28. The van der Waals surface area contributed by atoms with Crippen LogP contribution < -0.4 is 10.3 Å².